The fraction of sp³-hybridized carbons (Fsp3) is 0.500. The quantitative estimate of drug-likeness (QED) is 0.391. The lowest BCUT2D eigenvalue weighted by molar-refractivity contribution is 0.133. The molecule has 0 aromatic heterocycles. The average molecular weight is 457 g/mol. The highest BCUT2D eigenvalue weighted by Crippen LogP contribution is 2.40. The van der Waals surface area contributed by atoms with E-state index in [4.69, 9.17) is 28.9 Å². The van der Waals surface area contributed by atoms with Gasteiger partial charge in [-0.2, -0.15) is 5.26 Å². The van der Waals surface area contributed by atoms with E-state index in [1.54, 1.807) is 21.3 Å². The third-order valence-electron chi connectivity index (χ3n) is 5.26. The summed E-state index contributed by atoms with van der Waals surface area (Å²) in [6.07, 6.45) is 2.12. The molecular formula is C26H36N2O5. The van der Waals surface area contributed by atoms with Gasteiger partial charge in [-0.05, 0) is 55.1 Å². The molecule has 1 N–H and O–H groups in total. The highest BCUT2D eigenvalue weighted by Gasteiger charge is 2.20. The zero-order valence-electron chi connectivity index (χ0n) is 20.3. The summed E-state index contributed by atoms with van der Waals surface area (Å²) in [5.41, 5.74) is 0.837. The smallest absolute Gasteiger partial charge is 0.203 e. The van der Waals surface area contributed by atoms with Crippen molar-refractivity contribution in [2.24, 2.45) is 5.92 Å². The van der Waals surface area contributed by atoms with Crippen LogP contribution in [-0.4, -0.2) is 47.1 Å². The van der Waals surface area contributed by atoms with E-state index >= 15 is 0 Å². The minimum Gasteiger partial charge on any atom is -0.493 e. The van der Waals surface area contributed by atoms with Gasteiger partial charge in [-0.25, -0.2) is 0 Å². The van der Waals surface area contributed by atoms with E-state index in [0.29, 0.717) is 29.8 Å². The van der Waals surface area contributed by atoms with Crippen molar-refractivity contribution in [1.82, 2.24) is 5.32 Å². The van der Waals surface area contributed by atoms with Crippen LogP contribution in [0.5, 0.6) is 28.7 Å². The van der Waals surface area contributed by atoms with Crippen LogP contribution in [-0.2, 0) is 6.42 Å². The average Bonchev–Trinajstić information content (AvgIpc) is 2.82. The Morgan fingerprint density at radius 2 is 1.61 bits per heavy atom. The van der Waals surface area contributed by atoms with E-state index in [1.165, 1.54) is 0 Å². The summed E-state index contributed by atoms with van der Waals surface area (Å²) < 4.78 is 28.4. The molecule has 180 valence electrons. The number of hydrogen-bond acceptors (Lipinski definition) is 7. The standard InChI is InChI=1S/C26H36N2O5/c1-19(2)21(33-25-18-20(12-13-27)17-24(30-4)26(25)31-5)11-8-14-28-15-16-32-23-10-7-6-9-22(23)29-3/h6-7,9-10,17-19,21,28H,8,11-12,14-16H2,1-5H3. The first-order valence-corrected chi connectivity index (χ1v) is 11.3. The number of nitriles is 1. The van der Waals surface area contributed by atoms with Gasteiger partial charge in [-0.3, -0.25) is 0 Å². The molecule has 0 heterocycles. The second kappa shape index (κ2) is 14.1. The maximum atomic E-state index is 9.08. The van der Waals surface area contributed by atoms with Gasteiger partial charge in [0, 0.05) is 6.54 Å². The van der Waals surface area contributed by atoms with Crippen molar-refractivity contribution in [3.8, 4) is 34.8 Å². The van der Waals surface area contributed by atoms with Gasteiger partial charge in [0.15, 0.2) is 23.0 Å². The van der Waals surface area contributed by atoms with E-state index in [9.17, 15) is 0 Å². The Hall–Kier alpha value is -3.11. The van der Waals surface area contributed by atoms with Gasteiger partial charge in [-0.15, -0.1) is 0 Å². The molecule has 7 nitrogen and oxygen atoms in total. The number of para-hydroxylation sites is 2. The first-order chi connectivity index (χ1) is 16.0. The molecule has 2 aromatic rings. The van der Waals surface area contributed by atoms with E-state index in [-0.39, 0.29) is 12.5 Å². The van der Waals surface area contributed by atoms with Crippen molar-refractivity contribution >= 4 is 0 Å². The predicted molar refractivity (Wildman–Crippen MR) is 129 cm³/mol. The fourth-order valence-corrected chi connectivity index (χ4v) is 3.48. The van der Waals surface area contributed by atoms with Crippen molar-refractivity contribution in [3.63, 3.8) is 0 Å². The van der Waals surface area contributed by atoms with Gasteiger partial charge in [0.2, 0.25) is 5.75 Å². The topological polar surface area (TPSA) is 82.0 Å². The molecule has 0 aliphatic rings. The van der Waals surface area contributed by atoms with E-state index in [0.717, 1.165) is 43.0 Å². The van der Waals surface area contributed by atoms with Crippen LogP contribution in [0.4, 0.5) is 0 Å². The maximum absolute atomic E-state index is 9.08. The molecule has 2 aromatic carbocycles. The SMILES string of the molecule is COc1ccccc1OCCNCCCC(Oc1cc(CC#N)cc(OC)c1OC)C(C)C. The zero-order valence-corrected chi connectivity index (χ0v) is 20.3. The molecule has 0 bridgehead atoms. The van der Waals surface area contributed by atoms with E-state index in [1.807, 2.05) is 36.4 Å². The number of hydrogen-bond donors (Lipinski definition) is 1. The molecule has 0 spiro atoms. The fourth-order valence-electron chi connectivity index (χ4n) is 3.48. The third kappa shape index (κ3) is 8.07. The number of nitrogens with one attached hydrogen (secondary N) is 1. The van der Waals surface area contributed by atoms with Crippen molar-refractivity contribution in [2.75, 3.05) is 41.0 Å². The van der Waals surface area contributed by atoms with E-state index in [2.05, 4.69) is 25.2 Å². The Kier molecular flexibility index (Phi) is 11.2. The van der Waals surface area contributed by atoms with Crippen molar-refractivity contribution in [1.29, 1.82) is 5.26 Å². The number of methoxy groups -OCH3 is 3. The highest BCUT2D eigenvalue weighted by atomic mass is 16.5. The van der Waals surface area contributed by atoms with E-state index < -0.39 is 0 Å². The predicted octanol–water partition coefficient (Wildman–Crippen LogP) is 4.63. The lowest BCUT2D eigenvalue weighted by Crippen LogP contribution is -2.27. The number of benzene rings is 2. The maximum Gasteiger partial charge on any atom is 0.203 e. The lowest BCUT2D eigenvalue weighted by Gasteiger charge is -2.25. The first-order valence-electron chi connectivity index (χ1n) is 11.3. The van der Waals surface area contributed by atoms with Gasteiger partial charge in [0.25, 0.3) is 0 Å². The van der Waals surface area contributed by atoms with Crippen molar-refractivity contribution < 1.29 is 23.7 Å². The van der Waals surface area contributed by atoms with Crippen LogP contribution in [0, 0.1) is 17.2 Å². The number of nitrogens with zero attached hydrogens (tertiary/aromatic N) is 1. The molecule has 33 heavy (non-hydrogen) atoms. The summed E-state index contributed by atoms with van der Waals surface area (Å²) in [6.45, 7) is 6.44. The van der Waals surface area contributed by atoms with Gasteiger partial charge < -0.3 is 29.0 Å². The van der Waals surface area contributed by atoms with Crippen LogP contribution in [0.2, 0.25) is 0 Å². The minimum atomic E-state index is 0.00701. The summed E-state index contributed by atoms with van der Waals surface area (Å²) in [5.74, 6) is 3.53. The molecule has 0 fully saturated rings. The highest BCUT2D eigenvalue weighted by molar-refractivity contribution is 5.54. The molecule has 2 rings (SSSR count). The number of rotatable bonds is 15. The Morgan fingerprint density at radius 1 is 0.909 bits per heavy atom. The van der Waals surface area contributed by atoms with Crippen LogP contribution in [0.3, 0.4) is 0 Å². The Morgan fingerprint density at radius 3 is 2.24 bits per heavy atom. The summed E-state index contributed by atoms with van der Waals surface area (Å²) in [4.78, 5) is 0. The molecule has 1 unspecified atom stereocenters. The zero-order chi connectivity index (χ0) is 24.1. The monoisotopic (exact) mass is 456 g/mol. The van der Waals surface area contributed by atoms with Gasteiger partial charge in [-0.1, -0.05) is 26.0 Å². The minimum absolute atomic E-state index is 0.00701. The summed E-state index contributed by atoms with van der Waals surface area (Å²) in [7, 11) is 4.82. The summed E-state index contributed by atoms with van der Waals surface area (Å²) in [5, 5.41) is 12.5. The van der Waals surface area contributed by atoms with Gasteiger partial charge >= 0.3 is 0 Å². The van der Waals surface area contributed by atoms with Crippen LogP contribution >= 0.6 is 0 Å². The molecule has 7 heteroatoms. The van der Waals surface area contributed by atoms with Crippen LogP contribution in [0.1, 0.15) is 32.3 Å². The molecule has 0 amide bonds. The molecule has 0 aliphatic heterocycles. The van der Waals surface area contributed by atoms with Crippen molar-refractivity contribution in [3.05, 3.63) is 42.0 Å². The molecule has 0 aliphatic carbocycles. The normalized spacial score (nSPS) is 11.5. The van der Waals surface area contributed by atoms with Crippen LogP contribution in [0.25, 0.3) is 0 Å². The molecular weight excluding hydrogens is 420 g/mol. The second-order valence-corrected chi connectivity index (χ2v) is 7.96. The van der Waals surface area contributed by atoms with Crippen molar-refractivity contribution in [2.45, 2.75) is 39.2 Å². The third-order valence-corrected chi connectivity index (χ3v) is 5.26. The van der Waals surface area contributed by atoms with Gasteiger partial charge in [0.05, 0.1) is 33.8 Å². The first kappa shape index (κ1) is 26.1. The Labute approximate surface area is 197 Å². The van der Waals surface area contributed by atoms with Crippen LogP contribution in [0.15, 0.2) is 36.4 Å². The van der Waals surface area contributed by atoms with Gasteiger partial charge in [0.1, 0.15) is 12.7 Å². The summed E-state index contributed by atoms with van der Waals surface area (Å²) in [6, 6.07) is 13.5. The number of ether oxygens (including phenoxy) is 5. The Balaban J connectivity index is 1.85. The molecule has 1 atom stereocenters. The molecule has 0 saturated heterocycles. The summed E-state index contributed by atoms with van der Waals surface area (Å²) >= 11 is 0. The second-order valence-electron chi connectivity index (χ2n) is 7.96. The Bertz CT molecular complexity index is 895. The molecule has 0 saturated carbocycles. The lowest BCUT2D eigenvalue weighted by atomic mass is 10.0. The largest absolute Gasteiger partial charge is 0.493 e. The molecule has 0 radical (unpaired) electrons. The van der Waals surface area contributed by atoms with Crippen LogP contribution < -0.4 is 29.0 Å².